The highest BCUT2D eigenvalue weighted by Gasteiger charge is 2.08. The predicted octanol–water partition coefficient (Wildman–Crippen LogP) is 5.00. The van der Waals surface area contributed by atoms with Crippen molar-refractivity contribution >= 4 is 40.4 Å². The van der Waals surface area contributed by atoms with Gasteiger partial charge in [0.05, 0.1) is 32.0 Å². The maximum Gasteiger partial charge on any atom is 0.311 e. The highest BCUT2D eigenvalue weighted by Crippen LogP contribution is 2.28. The summed E-state index contributed by atoms with van der Waals surface area (Å²) in [5.74, 6) is 1.37. The van der Waals surface area contributed by atoms with E-state index in [4.69, 9.17) is 9.47 Å². The van der Waals surface area contributed by atoms with Crippen molar-refractivity contribution in [2.45, 2.75) is 24.0 Å². The number of hydrogen-bond acceptors (Lipinski definition) is 8. The average Bonchev–Trinajstić information content (AvgIpc) is 3.20. The van der Waals surface area contributed by atoms with Crippen molar-refractivity contribution in [2.75, 3.05) is 19.1 Å². The van der Waals surface area contributed by atoms with Crippen molar-refractivity contribution in [3.63, 3.8) is 0 Å². The maximum atomic E-state index is 11.5. The largest absolute Gasteiger partial charge is 0.496 e. The lowest BCUT2D eigenvalue weighted by Crippen LogP contribution is -2.07. The van der Waals surface area contributed by atoms with E-state index < -0.39 is 0 Å². The Hall–Kier alpha value is -2.84. The van der Waals surface area contributed by atoms with E-state index >= 15 is 0 Å². The maximum absolute atomic E-state index is 11.5. The van der Waals surface area contributed by atoms with Gasteiger partial charge in [0.1, 0.15) is 5.75 Å². The zero-order chi connectivity index (χ0) is 21.2. The number of anilines is 1. The second kappa shape index (κ2) is 11.4. The molecule has 6 nitrogen and oxygen atoms in total. The van der Waals surface area contributed by atoms with Crippen LogP contribution in [0.4, 0.5) is 5.13 Å². The minimum atomic E-state index is -0.282. The number of hydrazone groups is 1. The number of thiazole rings is 1. The number of hydrogen-bond donors (Lipinski definition) is 1. The summed E-state index contributed by atoms with van der Waals surface area (Å²) in [6.45, 7) is 2.15. The second-order valence-corrected chi connectivity index (χ2v) is 8.08. The number of carbonyl (C=O) groups is 1. The third-order valence-electron chi connectivity index (χ3n) is 4.01. The molecule has 0 unspecified atom stereocenters. The lowest BCUT2D eigenvalue weighted by molar-refractivity contribution is -0.142. The standard InChI is InChI=1S/C22H23N3O3S2/c1-3-28-21(26)12-18-15-30-22(24-18)25-23-13-16-9-10-17(20(11-16)27-2)14-29-19-7-5-4-6-8-19/h4-11,13,15H,3,12,14H2,1-2H3,(H,24,25). The number of carbonyl (C=O) groups excluding carboxylic acids is 1. The molecule has 0 bridgehead atoms. The van der Waals surface area contributed by atoms with E-state index in [2.05, 4.69) is 33.7 Å². The molecule has 0 fully saturated rings. The van der Waals surface area contributed by atoms with Crippen LogP contribution in [0.1, 0.15) is 23.7 Å². The molecule has 0 amide bonds. The summed E-state index contributed by atoms with van der Waals surface area (Å²) in [5, 5.41) is 6.67. The molecule has 8 heteroatoms. The molecule has 30 heavy (non-hydrogen) atoms. The minimum absolute atomic E-state index is 0.162. The second-order valence-electron chi connectivity index (χ2n) is 6.17. The van der Waals surface area contributed by atoms with Gasteiger partial charge in [-0.25, -0.2) is 4.98 Å². The van der Waals surface area contributed by atoms with Gasteiger partial charge in [0.25, 0.3) is 0 Å². The molecule has 0 aliphatic heterocycles. The van der Waals surface area contributed by atoms with Gasteiger partial charge >= 0.3 is 5.97 Å². The van der Waals surface area contributed by atoms with Crippen molar-refractivity contribution in [3.05, 3.63) is 70.7 Å². The Labute approximate surface area is 184 Å². The van der Waals surface area contributed by atoms with Gasteiger partial charge in [-0.05, 0) is 30.7 Å². The number of methoxy groups -OCH3 is 1. The first kappa shape index (κ1) is 21.9. The van der Waals surface area contributed by atoms with E-state index in [-0.39, 0.29) is 12.4 Å². The molecule has 2 aromatic carbocycles. The van der Waals surface area contributed by atoms with Crippen LogP contribution < -0.4 is 10.2 Å². The molecule has 3 rings (SSSR count). The lowest BCUT2D eigenvalue weighted by Gasteiger charge is -2.09. The number of esters is 1. The third-order valence-corrected chi connectivity index (χ3v) is 5.86. The average molecular weight is 442 g/mol. The number of ether oxygens (including phenoxy) is 2. The Morgan fingerprint density at radius 2 is 2.10 bits per heavy atom. The molecular formula is C22H23N3O3S2. The molecule has 1 aromatic heterocycles. The molecule has 0 aliphatic carbocycles. The number of nitrogens with zero attached hydrogens (tertiary/aromatic N) is 2. The van der Waals surface area contributed by atoms with Crippen molar-refractivity contribution < 1.29 is 14.3 Å². The van der Waals surface area contributed by atoms with Gasteiger partial charge in [-0.2, -0.15) is 5.10 Å². The van der Waals surface area contributed by atoms with Crippen LogP contribution >= 0.6 is 23.1 Å². The molecule has 1 N–H and O–H groups in total. The molecule has 0 atom stereocenters. The normalized spacial score (nSPS) is 10.9. The molecule has 0 radical (unpaired) electrons. The van der Waals surface area contributed by atoms with E-state index in [9.17, 15) is 4.79 Å². The molecule has 0 spiro atoms. The number of aromatic nitrogens is 1. The Balaban J connectivity index is 1.56. The van der Waals surface area contributed by atoms with Crippen molar-refractivity contribution in [3.8, 4) is 5.75 Å². The Kier molecular flexibility index (Phi) is 8.29. The SMILES string of the molecule is CCOC(=O)Cc1csc(NN=Cc2ccc(CSc3ccccc3)c(OC)c2)n1. The topological polar surface area (TPSA) is 72.8 Å². The summed E-state index contributed by atoms with van der Waals surface area (Å²) >= 11 is 3.16. The zero-order valence-corrected chi connectivity index (χ0v) is 18.5. The van der Waals surface area contributed by atoms with Crippen LogP contribution in [0.2, 0.25) is 0 Å². The van der Waals surface area contributed by atoms with Crippen LogP contribution in [-0.2, 0) is 21.7 Å². The lowest BCUT2D eigenvalue weighted by atomic mass is 10.1. The van der Waals surface area contributed by atoms with Crippen LogP contribution in [-0.4, -0.2) is 30.9 Å². The smallest absolute Gasteiger partial charge is 0.311 e. The van der Waals surface area contributed by atoms with E-state index in [1.807, 2.05) is 35.7 Å². The number of nitrogens with one attached hydrogen (secondary N) is 1. The zero-order valence-electron chi connectivity index (χ0n) is 16.8. The van der Waals surface area contributed by atoms with E-state index in [1.165, 1.54) is 16.2 Å². The van der Waals surface area contributed by atoms with Gasteiger partial charge in [-0.1, -0.05) is 30.3 Å². The summed E-state index contributed by atoms with van der Waals surface area (Å²) in [7, 11) is 1.67. The summed E-state index contributed by atoms with van der Waals surface area (Å²) in [4.78, 5) is 17.1. The summed E-state index contributed by atoms with van der Waals surface area (Å²) in [6.07, 6.45) is 1.87. The number of benzene rings is 2. The quantitative estimate of drug-likeness (QED) is 0.207. The van der Waals surface area contributed by atoms with Gasteiger partial charge in [-0.3, -0.25) is 10.2 Å². The fraction of sp³-hybridized carbons (Fsp3) is 0.227. The molecule has 156 valence electrons. The van der Waals surface area contributed by atoms with Gasteiger partial charge in [-0.15, -0.1) is 23.1 Å². The third kappa shape index (κ3) is 6.60. The first-order valence-electron chi connectivity index (χ1n) is 9.41. The monoisotopic (exact) mass is 441 g/mol. The van der Waals surface area contributed by atoms with Gasteiger partial charge in [0.15, 0.2) is 0 Å². The van der Waals surface area contributed by atoms with Crippen LogP contribution in [0.5, 0.6) is 5.75 Å². The van der Waals surface area contributed by atoms with Gasteiger partial charge in [0.2, 0.25) is 5.13 Å². The molecule has 0 aliphatic rings. The fourth-order valence-corrected chi connectivity index (χ4v) is 4.17. The van der Waals surface area contributed by atoms with E-state index in [0.29, 0.717) is 17.4 Å². The molecule has 1 heterocycles. The van der Waals surface area contributed by atoms with Crippen LogP contribution in [0, 0.1) is 0 Å². The van der Waals surface area contributed by atoms with Crippen molar-refractivity contribution in [1.82, 2.24) is 4.98 Å². The summed E-state index contributed by atoms with van der Waals surface area (Å²) in [5.41, 5.74) is 5.60. The Bertz CT molecular complexity index is 990. The predicted molar refractivity (Wildman–Crippen MR) is 123 cm³/mol. The highest BCUT2D eigenvalue weighted by atomic mass is 32.2. The highest BCUT2D eigenvalue weighted by molar-refractivity contribution is 7.98. The van der Waals surface area contributed by atoms with Crippen LogP contribution in [0.25, 0.3) is 0 Å². The number of thioether (sulfide) groups is 1. The first-order valence-corrected chi connectivity index (χ1v) is 11.3. The molecular weight excluding hydrogens is 418 g/mol. The molecule has 0 saturated heterocycles. The first-order chi connectivity index (χ1) is 14.7. The van der Waals surface area contributed by atoms with Crippen molar-refractivity contribution in [1.29, 1.82) is 0 Å². The van der Waals surface area contributed by atoms with E-state index in [0.717, 1.165) is 22.6 Å². The van der Waals surface area contributed by atoms with Gasteiger partial charge in [0, 0.05) is 21.6 Å². The van der Waals surface area contributed by atoms with Crippen molar-refractivity contribution in [2.24, 2.45) is 5.10 Å². The number of rotatable bonds is 10. The fourth-order valence-electron chi connectivity index (χ4n) is 2.60. The summed E-state index contributed by atoms with van der Waals surface area (Å²) in [6, 6.07) is 16.3. The van der Waals surface area contributed by atoms with Crippen LogP contribution in [0.15, 0.2) is 63.9 Å². The van der Waals surface area contributed by atoms with Crippen LogP contribution in [0.3, 0.4) is 0 Å². The molecule has 0 saturated carbocycles. The Morgan fingerprint density at radius 1 is 1.27 bits per heavy atom. The minimum Gasteiger partial charge on any atom is -0.496 e. The van der Waals surface area contributed by atoms with Gasteiger partial charge < -0.3 is 9.47 Å². The molecule has 3 aromatic rings. The summed E-state index contributed by atoms with van der Waals surface area (Å²) < 4.78 is 10.5. The van der Waals surface area contributed by atoms with E-state index in [1.54, 1.807) is 32.0 Å². The Morgan fingerprint density at radius 3 is 2.87 bits per heavy atom.